The molecular weight excluding hydrogens is 254 g/mol. The number of nitrogens with one attached hydrogen (secondary N) is 1. The standard InChI is InChI=1S/C11H13N3O3S/c1-11(2,10(15)16)12-5-8-13-9(17-14-8)7-3-4-18-6-7/h3-4,6,12H,5H2,1-2H3,(H,15,16). The van der Waals surface area contributed by atoms with Crippen molar-refractivity contribution in [2.45, 2.75) is 25.9 Å². The maximum Gasteiger partial charge on any atom is 0.323 e. The topological polar surface area (TPSA) is 88.3 Å². The van der Waals surface area contributed by atoms with Crippen molar-refractivity contribution in [2.24, 2.45) is 0 Å². The maximum atomic E-state index is 10.9. The lowest BCUT2D eigenvalue weighted by molar-refractivity contribution is -0.143. The number of hydrogen-bond donors (Lipinski definition) is 2. The van der Waals surface area contributed by atoms with Gasteiger partial charge in [-0.1, -0.05) is 5.16 Å². The van der Waals surface area contributed by atoms with Gasteiger partial charge in [-0.2, -0.15) is 16.3 Å². The summed E-state index contributed by atoms with van der Waals surface area (Å²) in [5.74, 6) is -0.0456. The summed E-state index contributed by atoms with van der Waals surface area (Å²) < 4.78 is 5.09. The van der Waals surface area contributed by atoms with Gasteiger partial charge in [-0.05, 0) is 25.3 Å². The highest BCUT2D eigenvalue weighted by Gasteiger charge is 2.26. The number of carbonyl (C=O) groups is 1. The monoisotopic (exact) mass is 267 g/mol. The van der Waals surface area contributed by atoms with Crippen LogP contribution in [0.15, 0.2) is 21.3 Å². The molecule has 2 heterocycles. The number of aliphatic carboxylic acids is 1. The van der Waals surface area contributed by atoms with E-state index >= 15 is 0 Å². The number of carboxylic acid groups (broad SMARTS) is 1. The Balaban J connectivity index is 2.02. The van der Waals surface area contributed by atoms with Gasteiger partial charge in [-0.3, -0.25) is 10.1 Å². The molecule has 2 N–H and O–H groups in total. The van der Waals surface area contributed by atoms with Gasteiger partial charge in [0.1, 0.15) is 5.54 Å². The van der Waals surface area contributed by atoms with Crippen LogP contribution < -0.4 is 5.32 Å². The molecule has 0 amide bonds. The molecule has 0 radical (unpaired) electrons. The zero-order valence-electron chi connectivity index (χ0n) is 10.0. The van der Waals surface area contributed by atoms with E-state index in [4.69, 9.17) is 9.63 Å². The highest BCUT2D eigenvalue weighted by Crippen LogP contribution is 2.19. The highest BCUT2D eigenvalue weighted by molar-refractivity contribution is 7.08. The Hall–Kier alpha value is -1.73. The van der Waals surface area contributed by atoms with E-state index in [1.807, 2.05) is 16.8 Å². The lowest BCUT2D eigenvalue weighted by Gasteiger charge is -2.19. The molecule has 0 aliphatic carbocycles. The molecule has 2 aromatic rings. The number of nitrogens with zero attached hydrogens (tertiary/aromatic N) is 2. The normalized spacial score (nSPS) is 11.7. The fraction of sp³-hybridized carbons (Fsp3) is 0.364. The average Bonchev–Trinajstić information content (AvgIpc) is 2.97. The summed E-state index contributed by atoms with van der Waals surface area (Å²) in [6.45, 7) is 3.40. The summed E-state index contributed by atoms with van der Waals surface area (Å²) in [5, 5.41) is 19.4. The van der Waals surface area contributed by atoms with Crippen molar-refractivity contribution in [1.82, 2.24) is 15.5 Å². The molecule has 6 nitrogen and oxygen atoms in total. The van der Waals surface area contributed by atoms with Crippen LogP contribution in [-0.4, -0.2) is 26.8 Å². The van der Waals surface area contributed by atoms with Gasteiger partial charge in [0, 0.05) is 5.38 Å². The molecule has 0 aliphatic heterocycles. The number of thiophene rings is 1. The molecule has 0 saturated heterocycles. The van der Waals surface area contributed by atoms with Gasteiger partial charge in [-0.25, -0.2) is 0 Å². The van der Waals surface area contributed by atoms with E-state index in [9.17, 15) is 4.79 Å². The smallest absolute Gasteiger partial charge is 0.323 e. The van der Waals surface area contributed by atoms with Crippen molar-refractivity contribution in [2.75, 3.05) is 0 Å². The number of rotatable bonds is 5. The number of carboxylic acids is 1. The van der Waals surface area contributed by atoms with Gasteiger partial charge in [0.05, 0.1) is 12.1 Å². The first-order valence-electron chi connectivity index (χ1n) is 5.32. The lowest BCUT2D eigenvalue weighted by Crippen LogP contribution is -2.46. The van der Waals surface area contributed by atoms with E-state index in [-0.39, 0.29) is 6.54 Å². The second kappa shape index (κ2) is 4.87. The quantitative estimate of drug-likeness (QED) is 0.858. The molecule has 2 aromatic heterocycles. The third-order valence-electron chi connectivity index (χ3n) is 2.46. The van der Waals surface area contributed by atoms with Gasteiger partial charge in [0.25, 0.3) is 5.89 Å². The first-order valence-corrected chi connectivity index (χ1v) is 6.27. The minimum absolute atomic E-state index is 0.243. The van der Waals surface area contributed by atoms with Crippen LogP contribution in [0, 0.1) is 0 Å². The van der Waals surface area contributed by atoms with Crippen molar-refractivity contribution in [1.29, 1.82) is 0 Å². The molecule has 96 valence electrons. The Morgan fingerprint density at radius 2 is 2.39 bits per heavy atom. The highest BCUT2D eigenvalue weighted by atomic mass is 32.1. The molecule has 0 bridgehead atoms. The van der Waals surface area contributed by atoms with Crippen LogP contribution >= 0.6 is 11.3 Å². The predicted octanol–water partition coefficient (Wildman–Crippen LogP) is 1.75. The van der Waals surface area contributed by atoms with Crippen LogP contribution in [-0.2, 0) is 11.3 Å². The summed E-state index contributed by atoms with van der Waals surface area (Å²) in [5.41, 5.74) is -0.153. The Morgan fingerprint density at radius 1 is 1.61 bits per heavy atom. The van der Waals surface area contributed by atoms with E-state index in [2.05, 4.69) is 15.5 Å². The Bertz CT molecular complexity index is 533. The summed E-state index contributed by atoms with van der Waals surface area (Å²) in [6, 6.07) is 1.89. The summed E-state index contributed by atoms with van der Waals surface area (Å²) in [4.78, 5) is 15.1. The third-order valence-corrected chi connectivity index (χ3v) is 3.14. The Morgan fingerprint density at radius 3 is 3.00 bits per heavy atom. The molecule has 0 aliphatic rings. The lowest BCUT2D eigenvalue weighted by atomic mass is 10.1. The van der Waals surface area contributed by atoms with Gasteiger partial charge in [0.15, 0.2) is 5.82 Å². The Kier molecular flexibility index (Phi) is 3.44. The molecule has 0 unspecified atom stereocenters. The molecule has 0 aromatic carbocycles. The van der Waals surface area contributed by atoms with Crippen LogP contribution in [0.25, 0.3) is 11.5 Å². The molecule has 18 heavy (non-hydrogen) atoms. The molecule has 0 spiro atoms. The van der Waals surface area contributed by atoms with Crippen molar-refractivity contribution in [3.63, 3.8) is 0 Å². The fourth-order valence-electron chi connectivity index (χ4n) is 1.20. The zero-order valence-corrected chi connectivity index (χ0v) is 10.8. The number of aromatic nitrogens is 2. The SMILES string of the molecule is CC(C)(NCc1noc(-c2ccsc2)n1)C(=O)O. The van der Waals surface area contributed by atoms with Crippen molar-refractivity contribution < 1.29 is 14.4 Å². The van der Waals surface area contributed by atoms with Crippen LogP contribution in [0.5, 0.6) is 0 Å². The molecule has 0 atom stereocenters. The van der Waals surface area contributed by atoms with E-state index in [0.717, 1.165) is 5.56 Å². The molecule has 2 rings (SSSR count). The van der Waals surface area contributed by atoms with Crippen LogP contribution in [0.3, 0.4) is 0 Å². The van der Waals surface area contributed by atoms with E-state index in [1.165, 1.54) is 0 Å². The average molecular weight is 267 g/mol. The van der Waals surface area contributed by atoms with Gasteiger partial charge < -0.3 is 9.63 Å². The summed E-state index contributed by atoms with van der Waals surface area (Å²) in [6.07, 6.45) is 0. The van der Waals surface area contributed by atoms with E-state index in [1.54, 1.807) is 25.2 Å². The predicted molar refractivity (Wildman–Crippen MR) is 66.2 cm³/mol. The van der Waals surface area contributed by atoms with E-state index in [0.29, 0.717) is 11.7 Å². The summed E-state index contributed by atoms with van der Waals surface area (Å²) in [7, 11) is 0. The maximum absolute atomic E-state index is 10.9. The first-order chi connectivity index (χ1) is 8.49. The van der Waals surface area contributed by atoms with Crippen molar-refractivity contribution >= 4 is 17.3 Å². The van der Waals surface area contributed by atoms with Crippen molar-refractivity contribution in [3.05, 3.63) is 22.7 Å². The van der Waals surface area contributed by atoms with Gasteiger partial charge in [0.2, 0.25) is 0 Å². The van der Waals surface area contributed by atoms with Gasteiger partial charge in [-0.15, -0.1) is 0 Å². The molecule has 7 heteroatoms. The number of hydrogen-bond acceptors (Lipinski definition) is 6. The van der Waals surface area contributed by atoms with Crippen LogP contribution in [0.4, 0.5) is 0 Å². The van der Waals surface area contributed by atoms with Crippen LogP contribution in [0.2, 0.25) is 0 Å². The van der Waals surface area contributed by atoms with E-state index < -0.39 is 11.5 Å². The van der Waals surface area contributed by atoms with Gasteiger partial charge >= 0.3 is 5.97 Å². The molecule has 0 saturated carbocycles. The Labute approximate surface area is 108 Å². The summed E-state index contributed by atoms with van der Waals surface area (Å²) >= 11 is 1.54. The van der Waals surface area contributed by atoms with Crippen molar-refractivity contribution in [3.8, 4) is 11.5 Å². The minimum atomic E-state index is -1.02. The minimum Gasteiger partial charge on any atom is -0.480 e. The molecular formula is C11H13N3O3S. The molecule has 0 fully saturated rings. The fourth-order valence-corrected chi connectivity index (χ4v) is 1.83. The van der Waals surface area contributed by atoms with Crippen LogP contribution in [0.1, 0.15) is 19.7 Å². The second-order valence-electron chi connectivity index (χ2n) is 4.31. The third kappa shape index (κ3) is 2.74. The zero-order chi connectivity index (χ0) is 13.2. The second-order valence-corrected chi connectivity index (χ2v) is 5.09. The largest absolute Gasteiger partial charge is 0.480 e. The first kappa shape index (κ1) is 12.7.